The summed E-state index contributed by atoms with van der Waals surface area (Å²) < 4.78 is 6.79. The van der Waals surface area contributed by atoms with E-state index in [9.17, 15) is 9.59 Å². The van der Waals surface area contributed by atoms with Crippen molar-refractivity contribution in [2.75, 3.05) is 7.11 Å². The Kier molecular flexibility index (Phi) is 6.84. The number of methoxy groups -OCH3 is 1. The Morgan fingerprint density at radius 3 is 2.70 bits per heavy atom. The third-order valence-corrected chi connectivity index (χ3v) is 5.89. The average molecular weight is 462 g/mol. The highest BCUT2D eigenvalue weighted by molar-refractivity contribution is 6.31. The molecule has 0 atom stereocenters. The van der Waals surface area contributed by atoms with Crippen molar-refractivity contribution in [2.45, 2.75) is 32.7 Å². The van der Waals surface area contributed by atoms with E-state index in [1.54, 1.807) is 12.1 Å². The molecule has 0 aliphatic carbocycles. The fourth-order valence-electron chi connectivity index (χ4n) is 3.90. The molecule has 6 nitrogen and oxygen atoms in total. The van der Waals surface area contributed by atoms with Gasteiger partial charge in [-0.1, -0.05) is 55.3 Å². The number of rotatable bonds is 8. The van der Waals surface area contributed by atoms with Gasteiger partial charge in [-0.15, -0.1) is 0 Å². The maximum atomic E-state index is 12.1. The van der Waals surface area contributed by atoms with Crippen LogP contribution in [0.2, 0.25) is 5.15 Å². The molecule has 0 amide bonds. The third-order valence-electron chi connectivity index (χ3n) is 5.61. The van der Waals surface area contributed by atoms with Crippen molar-refractivity contribution in [1.82, 2.24) is 14.5 Å². The molecule has 0 aliphatic rings. The van der Waals surface area contributed by atoms with Gasteiger partial charge < -0.3 is 9.30 Å². The van der Waals surface area contributed by atoms with Crippen LogP contribution in [0, 0.1) is 0 Å². The Morgan fingerprint density at radius 2 is 1.94 bits per heavy atom. The fourth-order valence-corrected chi connectivity index (χ4v) is 4.14. The number of imidazole rings is 1. The van der Waals surface area contributed by atoms with Gasteiger partial charge in [-0.25, -0.2) is 14.8 Å². The fraction of sp³-hybridized carbons (Fsp3) is 0.231. The molecule has 7 heteroatoms. The van der Waals surface area contributed by atoms with Crippen molar-refractivity contribution >= 4 is 34.8 Å². The van der Waals surface area contributed by atoms with Crippen LogP contribution in [0.5, 0.6) is 0 Å². The molecule has 0 spiro atoms. The first-order valence-corrected chi connectivity index (χ1v) is 11.2. The molecule has 2 aromatic heterocycles. The van der Waals surface area contributed by atoms with Gasteiger partial charge in [0, 0.05) is 23.9 Å². The van der Waals surface area contributed by atoms with Gasteiger partial charge in [0.1, 0.15) is 11.5 Å². The molecule has 2 heterocycles. The number of benzene rings is 2. The number of nitrogens with zero attached hydrogens (tertiary/aromatic N) is 3. The zero-order valence-corrected chi connectivity index (χ0v) is 19.3. The van der Waals surface area contributed by atoms with Gasteiger partial charge in [0.25, 0.3) is 0 Å². The molecule has 0 aliphatic heterocycles. The highest BCUT2D eigenvalue weighted by Crippen LogP contribution is 2.26. The zero-order chi connectivity index (χ0) is 23.4. The number of carbonyl (C=O) groups excluding carboxylic acids is 2. The minimum Gasteiger partial charge on any atom is -0.465 e. The topological polar surface area (TPSA) is 74.1 Å². The lowest BCUT2D eigenvalue weighted by Gasteiger charge is -2.11. The Morgan fingerprint density at radius 1 is 1.12 bits per heavy atom. The molecule has 0 radical (unpaired) electrons. The summed E-state index contributed by atoms with van der Waals surface area (Å²) in [5.41, 5.74) is 4.11. The van der Waals surface area contributed by atoms with Crippen LogP contribution in [-0.2, 0) is 17.7 Å². The third kappa shape index (κ3) is 4.66. The summed E-state index contributed by atoms with van der Waals surface area (Å²) in [5, 5.41) is 1.20. The molecule has 0 fully saturated rings. The van der Waals surface area contributed by atoms with E-state index in [0.717, 1.165) is 53.4 Å². The Bertz CT molecular complexity index is 1330. The van der Waals surface area contributed by atoms with E-state index in [4.69, 9.17) is 21.3 Å². The number of aromatic nitrogens is 3. The van der Waals surface area contributed by atoms with Crippen LogP contribution in [0.25, 0.3) is 22.2 Å². The number of aryl methyl sites for hydroxylation is 1. The SMILES string of the molecule is CCCCc1nc(Cl)c(C=O)n1Cc1ccc2nc(-c3ccccc3C(=O)OC)ccc2c1. The smallest absolute Gasteiger partial charge is 0.338 e. The second-order valence-electron chi connectivity index (χ2n) is 7.77. The number of hydrogen-bond donors (Lipinski definition) is 0. The van der Waals surface area contributed by atoms with Crippen LogP contribution < -0.4 is 0 Å². The molecule has 4 rings (SSSR count). The Hall–Kier alpha value is -3.51. The standard InChI is InChI=1S/C26H24ClN3O3/c1-3-4-9-24-29-25(27)23(16-31)30(24)15-17-10-12-21-18(14-17)11-13-22(28-21)19-7-5-6-8-20(19)26(32)33-2/h5-8,10-14,16H,3-4,9,15H2,1-2H3. The lowest BCUT2D eigenvalue weighted by Crippen LogP contribution is -2.09. The second-order valence-corrected chi connectivity index (χ2v) is 8.13. The van der Waals surface area contributed by atoms with Gasteiger partial charge in [0.15, 0.2) is 11.4 Å². The first-order chi connectivity index (χ1) is 16.0. The quantitative estimate of drug-likeness (QED) is 0.247. The lowest BCUT2D eigenvalue weighted by atomic mass is 10.0. The first-order valence-electron chi connectivity index (χ1n) is 10.8. The van der Waals surface area contributed by atoms with E-state index in [-0.39, 0.29) is 5.15 Å². The average Bonchev–Trinajstić information content (AvgIpc) is 3.15. The summed E-state index contributed by atoms with van der Waals surface area (Å²) in [4.78, 5) is 32.9. The Labute approximate surface area is 197 Å². The van der Waals surface area contributed by atoms with Crippen molar-refractivity contribution in [3.8, 4) is 11.3 Å². The van der Waals surface area contributed by atoms with Crippen LogP contribution in [0.4, 0.5) is 0 Å². The van der Waals surface area contributed by atoms with E-state index in [2.05, 4.69) is 11.9 Å². The van der Waals surface area contributed by atoms with Crippen LogP contribution in [0.15, 0.2) is 54.6 Å². The van der Waals surface area contributed by atoms with E-state index >= 15 is 0 Å². The van der Waals surface area contributed by atoms with E-state index in [0.29, 0.717) is 23.5 Å². The highest BCUT2D eigenvalue weighted by atomic mass is 35.5. The number of unbranched alkanes of at least 4 members (excludes halogenated alkanes) is 1. The maximum absolute atomic E-state index is 12.1. The number of halogens is 1. The predicted molar refractivity (Wildman–Crippen MR) is 129 cm³/mol. The summed E-state index contributed by atoms with van der Waals surface area (Å²) in [5.74, 6) is 0.420. The van der Waals surface area contributed by atoms with Gasteiger partial charge in [0.05, 0.1) is 23.9 Å². The van der Waals surface area contributed by atoms with Crippen molar-refractivity contribution < 1.29 is 14.3 Å². The molecule has 33 heavy (non-hydrogen) atoms. The molecule has 0 saturated heterocycles. The molecule has 0 N–H and O–H groups in total. The van der Waals surface area contributed by atoms with Crippen LogP contribution in [0.3, 0.4) is 0 Å². The summed E-state index contributed by atoms with van der Waals surface area (Å²) in [7, 11) is 1.37. The summed E-state index contributed by atoms with van der Waals surface area (Å²) in [6.45, 7) is 2.61. The summed E-state index contributed by atoms with van der Waals surface area (Å²) in [6.07, 6.45) is 3.54. The number of fused-ring (bicyclic) bond motifs is 1. The summed E-state index contributed by atoms with van der Waals surface area (Å²) in [6, 6.07) is 17.1. The minimum absolute atomic E-state index is 0.243. The minimum atomic E-state index is -0.397. The molecular weight excluding hydrogens is 438 g/mol. The number of pyridine rings is 1. The van der Waals surface area contributed by atoms with Crippen molar-refractivity contribution in [1.29, 1.82) is 0 Å². The number of carbonyl (C=O) groups is 2. The molecule has 0 bridgehead atoms. The number of hydrogen-bond acceptors (Lipinski definition) is 5. The van der Waals surface area contributed by atoms with Gasteiger partial charge in [-0.05, 0) is 36.2 Å². The number of ether oxygens (including phenoxy) is 1. The lowest BCUT2D eigenvalue weighted by molar-refractivity contribution is 0.0601. The molecule has 0 unspecified atom stereocenters. The molecule has 2 aromatic carbocycles. The number of aldehydes is 1. The first kappa shape index (κ1) is 22.7. The van der Waals surface area contributed by atoms with Crippen molar-refractivity contribution in [3.05, 3.63) is 82.4 Å². The maximum Gasteiger partial charge on any atom is 0.338 e. The van der Waals surface area contributed by atoms with Gasteiger partial charge in [-0.3, -0.25) is 4.79 Å². The highest BCUT2D eigenvalue weighted by Gasteiger charge is 2.16. The summed E-state index contributed by atoms with van der Waals surface area (Å²) >= 11 is 6.21. The van der Waals surface area contributed by atoms with Crippen molar-refractivity contribution in [3.63, 3.8) is 0 Å². The van der Waals surface area contributed by atoms with Gasteiger partial charge in [0.2, 0.25) is 0 Å². The molecular formula is C26H24ClN3O3. The monoisotopic (exact) mass is 461 g/mol. The second kappa shape index (κ2) is 9.96. The molecule has 4 aromatic rings. The van der Waals surface area contributed by atoms with Gasteiger partial charge >= 0.3 is 5.97 Å². The van der Waals surface area contributed by atoms with Crippen molar-refractivity contribution in [2.24, 2.45) is 0 Å². The van der Waals surface area contributed by atoms with E-state index < -0.39 is 5.97 Å². The van der Waals surface area contributed by atoms with Crippen LogP contribution in [0.1, 0.15) is 52.0 Å². The Balaban J connectivity index is 1.68. The van der Waals surface area contributed by atoms with Gasteiger partial charge in [-0.2, -0.15) is 0 Å². The zero-order valence-electron chi connectivity index (χ0n) is 18.5. The van der Waals surface area contributed by atoms with E-state index in [1.165, 1.54) is 7.11 Å². The molecule has 168 valence electrons. The van der Waals surface area contributed by atoms with E-state index in [1.807, 2.05) is 47.0 Å². The predicted octanol–water partition coefficient (Wildman–Crippen LogP) is 5.74. The van der Waals surface area contributed by atoms with Crippen LogP contribution in [-0.4, -0.2) is 33.9 Å². The van der Waals surface area contributed by atoms with Crippen LogP contribution >= 0.6 is 11.6 Å². The normalized spacial score (nSPS) is 11.0. The molecule has 0 saturated carbocycles. The number of esters is 1. The largest absolute Gasteiger partial charge is 0.465 e.